The molecule has 5 rings (SSSR count). The molecule has 0 atom stereocenters. The number of hydrogen-bond acceptors (Lipinski definition) is 6. The third-order valence-electron chi connectivity index (χ3n) is 5.25. The Morgan fingerprint density at radius 1 is 0.912 bits per heavy atom. The molecule has 2 aromatic carbocycles. The second-order valence-corrected chi connectivity index (χ2v) is 10.9. The molecule has 0 saturated heterocycles. The normalized spacial score (nSPS) is 12.4. The lowest BCUT2D eigenvalue weighted by molar-refractivity contribution is -0.137. The topological polar surface area (TPSA) is 88.6 Å². The summed E-state index contributed by atoms with van der Waals surface area (Å²) in [6.07, 6.45) is -0.172. The van der Waals surface area contributed by atoms with E-state index in [-0.39, 0.29) is 4.21 Å². The number of nitrogens with one attached hydrogen (secondary N) is 1. The molecule has 0 fully saturated rings. The molecule has 0 aliphatic heterocycles. The molecule has 0 unspecified atom stereocenters. The first-order chi connectivity index (χ1) is 16.1. The van der Waals surface area contributed by atoms with Crippen LogP contribution in [0.1, 0.15) is 5.56 Å². The van der Waals surface area contributed by atoms with Gasteiger partial charge in [0.2, 0.25) is 0 Å². The smallest absolute Gasteiger partial charge is 0.284 e. The van der Waals surface area contributed by atoms with Crippen molar-refractivity contribution in [1.29, 1.82) is 0 Å². The molecule has 0 saturated carbocycles. The first-order valence-corrected chi connectivity index (χ1v) is 12.6. The standard InChI is InChI=1S/C23H15F3N4O2S2/c1-34(31,32)20-9-8-19(33-20)22-16-10-14(4-7-18(16)27-12-28-22)17-11-29-30-21(17)13-2-5-15(6-3-13)23(24,25)26/h2-12H,1H3,(H,29,30). The number of rotatable bonds is 4. The van der Waals surface area contributed by atoms with Crippen molar-refractivity contribution in [2.45, 2.75) is 10.4 Å². The van der Waals surface area contributed by atoms with Crippen LogP contribution in [-0.4, -0.2) is 34.8 Å². The van der Waals surface area contributed by atoms with Crippen LogP contribution < -0.4 is 0 Å². The molecule has 0 aliphatic rings. The van der Waals surface area contributed by atoms with Gasteiger partial charge in [0.05, 0.1) is 27.3 Å². The maximum atomic E-state index is 12.9. The fourth-order valence-corrected chi connectivity index (χ4v) is 5.55. The summed E-state index contributed by atoms with van der Waals surface area (Å²) in [5.74, 6) is 0. The average Bonchev–Trinajstić information content (AvgIpc) is 3.48. The number of halogens is 3. The Morgan fingerprint density at radius 2 is 1.65 bits per heavy atom. The van der Waals surface area contributed by atoms with E-state index in [1.165, 1.54) is 18.5 Å². The third kappa shape index (κ3) is 4.08. The van der Waals surface area contributed by atoms with Crippen molar-refractivity contribution in [2.24, 2.45) is 0 Å². The van der Waals surface area contributed by atoms with Crippen LogP contribution in [0.3, 0.4) is 0 Å². The lowest BCUT2D eigenvalue weighted by Crippen LogP contribution is -2.04. The van der Waals surface area contributed by atoms with E-state index in [2.05, 4.69) is 20.2 Å². The van der Waals surface area contributed by atoms with Crippen LogP contribution in [0.2, 0.25) is 0 Å². The van der Waals surface area contributed by atoms with Crippen molar-refractivity contribution in [1.82, 2.24) is 20.2 Å². The van der Waals surface area contributed by atoms with Crippen LogP contribution in [-0.2, 0) is 16.0 Å². The van der Waals surface area contributed by atoms with Crippen molar-refractivity contribution in [3.05, 3.63) is 72.7 Å². The number of alkyl halides is 3. The highest BCUT2D eigenvalue weighted by atomic mass is 32.2. The summed E-state index contributed by atoms with van der Waals surface area (Å²) < 4.78 is 62.8. The van der Waals surface area contributed by atoms with Crippen LogP contribution in [0.4, 0.5) is 13.2 Å². The lowest BCUT2D eigenvalue weighted by Gasteiger charge is -2.09. The molecule has 0 radical (unpaired) electrons. The fourth-order valence-electron chi connectivity index (χ4n) is 3.61. The van der Waals surface area contributed by atoms with E-state index >= 15 is 0 Å². The molecular formula is C23H15F3N4O2S2. The van der Waals surface area contributed by atoms with E-state index in [0.29, 0.717) is 38.3 Å². The Hall–Kier alpha value is -3.57. The summed E-state index contributed by atoms with van der Waals surface area (Å²) in [6, 6.07) is 13.6. The summed E-state index contributed by atoms with van der Waals surface area (Å²) >= 11 is 1.13. The van der Waals surface area contributed by atoms with Gasteiger partial charge in [0, 0.05) is 29.0 Å². The van der Waals surface area contributed by atoms with Crippen molar-refractivity contribution in [2.75, 3.05) is 6.26 Å². The maximum Gasteiger partial charge on any atom is 0.416 e. The fraction of sp³-hybridized carbons (Fsp3) is 0.0870. The third-order valence-corrected chi connectivity index (χ3v) is 8.16. The van der Waals surface area contributed by atoms with E-state index in [1.54, 1.807) is 18.3 Å². The predicted molar refractivity (Wildman–Crippen MR) is 124 cm³/mol. The van der Waals surface area contributed by atoms with Gasteiger partial charge >= 0.3 is 6.18 Å². The van der Waals surface area contributed by atoms with Crippen LogP contribution in [0.5, 0.6) is 0 Å². The number of hydrogen-bond donors (Lipinski definition) is 1. The zero-order valence-electron chi connectivity index (χ0n) is 17.5. The second kappa shape index (κ2) is 8.03. The van der Waals surface area contributed by atoms with Crippen LogP contribution >= 0.6 is 11.3 Å². The lowest BCUT2D eigenvalue weighted by atomic mass is 9.99. The van der Waals surface area contributed by atoms with Gasteiger partial charge in [0.1, 0.15) is 10.5 Å². The predicted octanol–water partition coefficient (Wildman–Crippen LogP) is 5.84. The number of benzene rings is 2. The van der Waals surface area contributed by atoms with Gasteiger partial charge in [-0.2, -0.15) is 18.3 Å². The zero-order chi connectivity index (χ0) is 24.1. The molecule has 0 spiro atoms. The van der Waals surface area contributed by atoms with Gasteiger partial charge in [-0.25, -0.2) is 18.4 Å². The molecule has 0 aliphatic carbocycles. The van der Waals surface area contributed by atoms with Gasteiger partial charge in [-0.15, -0.1) is 11.3 Å². The molecule has 6 nitrogen and oxygen atoms in total. The van der Waals surface area contributed by atoms with Crippen LogP contribution in [0.15, 0.2) is 71.3 Å². The van der Waals surface area contributed by atoms with E-state index in [1.807, 2.05) is 18.2 Å². The highest BCUT2D eigenvalue weighted by molar-refractivity contribution is 7.92. The molecular weight excluding hydrogens is 485 g/mol. The van der Waals surface area contributed by atoms with Crippen LogP contribution in [0.25, 0.3) is 43.9 Å². The monoisotopic (exact) mass is 500 g/mol. The quantitative estimate of drug-likeness (QED) is 0.335. The Kier molecular flexibility index (Phi) is 5.25. The molecule has 3 heterocycles. The SMILES string of the molecule is CS(=O)(=O)c1ccc(-c2ncnc3ccc(-c4c[nH]nc4-c4ccc(C(F)(F)F)cc4)cc23)s1. The van der Waals surface area contributed by atoms with Crippen LogP contribution in [0, 0.1) is 0 Å². The molecule has 3 aromatic heterocycles. The van der Waals surface area contributed by atoms with Crippen molar-refractivity contribution in [3.63, 3.8) is 0 Å². The van der Waals surface area contributed by atoms with Gasteiger partial charge in [-0.05, 0) is 42.0 Å². The molecule has 1 N–H and O–H groups in total. The van der Waals surface area contributed by atoms with Crippen molar-refractivity contribution in [3.8, 4) is 33.0 Å². The number of sulfone groups is 1. The summed E-state index contributed by atoms with van der Waals surface area (Å²) in [5, 5.41) is 7.74. The van der Waals surface area contributed by atoms with Crippen molar-refractivity contribution < 1.29 is 21.6 Å². The first-order valence-electron chi connectivity index (χ1n) is 9.88. The number of nitrogens with zero attached hydrogens (tertiary/aromatic N) is 3. The Bertz CT molecular complexity index is 1620. The van der Waals surface area contributed by atoms with E-state index in [4.69, 9.17) is 0 Å². The summed E-state index contributed by atoms with van der Waals surface area (Å²) in [4.78, 5) is 9.37. The first kappa shape index (κ1) is 22.2. The second-order valence-electron chi connectivity index (χ2n) is 7.57. The van der Waals surface area contributed by atoms with Gasteiger partial charge in [0.25, 0.3) is 0 Å². The average molecular weight is 501 g/mol. The number of H-pyrrole nitrogens is 1. The number of aromatic amines is 1. The highest BCUT2D eigenvalue weighted by Crippen LogP contribution is 2.37. The van der Waals surface area contributed by atoms with Gasteiger partial charge < -0.3 is 0 Å². The highest BCUT2D eigenvalue weighted by Gasteiger charge is 2.30. The summed E-state index contributed by atoms with van der Waals surface area (Å²) in [7, 11) is -3.34. The van der Waals surface area contributed by atoms with E-state index < -0.39 is 21.6 Å². The van der Waals surface area contributed by atoms with E-state index in [0.717, 1.165) is 35.3 Å². The summed E-state index contributed by atoms with van der Waals surface area (Å²) in [5.41, 5.74) is 3.01. The minimum atomic E-state index is -4.42. The maximum absolute atomic E-state index is 12.9. The zero-order valence-corrected chi connectivity index (χ0v) is 19.1. The van der Waals surface area contributed by atoms with Crippen molar-refractivity contribution >= 4 is 32.1 Å². The molecule has 5 aromatic rings. The molecule has 172 valence electrons. The Labute approximate surface area is 196 Å². The van der Waals surface area contributed by atoms with Gasteiger partial charge in [0.15, 0.2) is 9.84 Å². The molecule has 0 bridgehead atoms. The molecule has 34 heavy (non-hydrogen) atoms. The Balaban J connectivity index is 1.60. The summed E-state index contributed by atoms with van der Waals surface area (Å²) in [6.45, 7) is 0. The number of fused-ring (bicyclic) bond motifs is 1. The Morgan fingerprint density at radius 3 is 2.32 bits per heavy atom. The molecule has 11 heteroatoms. The largest absolute Gasteiger partial charge is 0.416 e. The minimum Gasteiger partial charge on any atom is -0.284 e. The number of aromatic nitrogens is 4. The number of thiophene rings is 1. The van der Waals surface area contributed by atoms with E-state index in [9.17, 15) is 21.6 Å². The van der Waals surface area contributed by atoms with Gasteiger partial charge in [-0.3, -0.25) is 5.10 Å². The minimum absolute atomic E-state index is 0.241. The van der Waals surface area contributed by atoms with Gasteiger partial charge in [-0.1, -0.05) is 18.2 Å². The molecule has 0 amide bonds.